The van der Waals surface area contributed by atoms with Gasteiger partial charge in [0, 0.05) is 18.7 Å². The number of carboxylic acids is 1. The van der Waals surface area contributed by atoms with Gasteiger partial charge in [0.1, 0.15) is 17.3 Å². The number of hydrogen-bond donors (Lipinski definition) is 4. The summed E-state index contributed by atoms with van der Waals surface area (Å²) in [6, 6.07) is 15.7. The Bertz CT molecular complexity index is 1210. The third-order valence-electron chi connectivity index (χ3n) is 6.45. The predicted octanol–water partition coefficient (Wildman–Crippen LogP) is 4.32. The fourth-order valence-corrected chi connectivity index (χ4v) is 4.49. The number of carboxylic acid groups (broad SMARTS) is 1. The molecule has 0 aliphatic heterocycles. The Morgan fingerprint density at radius 3 is 2.26 bits per heavy atom. The molecule has 0 spiro atoms. The third-order valence-corrected chi connectivity index (χ3v) is 6.45. The number of benzene rings is 2. The molecule has 0 saturated heterocycles. The van der Waals surface area contributed by atoms with Gasteiger partial charge in [-0.05, 0) is 54.5 Å². The van der Waals surface area contributed by atoms with Crippen LogP contribution in [-0.2, 0) is 11.3 Å². The van der Waals surface area contributed by atoms with Crippen molar-refractivity contribution in [3.8, 4) is 11.4 Å². The SMILES string of the molecule is CC(C)c1c(C(=O)NC[C@H](C)c2ccccc2)nc(-c2ccc(F)cc2)n1CC[C@@H](O)C[C@@H](O)CC(=O)O. The number of nitrogens with zero attached hydrogens (tertiary/aromatic N) is 2. The molecule has 0 radical (unpaired) electrons. The van der Waals surface area contributed by atoms with Crippen molar-refractivity contribution < 1.29 is 29.3 Å². The molecule has 0 aliphatic rings. The van der Waals surface area contributed by atoms with Gasteiger partial charge in [-0.25, -0.2) is 9.37 Å². The van der Waals surface area contributed by atoms with E-state index in [2.05, 4.69) is 10.3 Å². The summed E-state index contributed by atoms with van der Waals surface area (Å²) in [5, 5.41) is 32.2. The average molecular weight is 526 g/mol. The van der Waals surface area contributed by atoms with Crippen LogP contribution < -0.4 is 5.32 Å². The van der Waals surface area contributed by atoms with Gasteiger partial charge in [-0.3, -0.25) is 9.59 Å². The number of aliphatic carboxylic acids is 1. The fraction of sp³-hybridized carbons (Fsp3) is 0.414. The van der Waals surface area contributed by atoms with E-state index in [4.69, 9.17) is 5.11 Å². The number of imidazole rings is 1. The summed E-state index contributed by atoms with van der Waals surface area (Å²) in [5.41, 5.74) is 2.66. The van der Waals surface area contributed by atoms with E-state index in [-0.39, 0.29) is 42.8 Å². The average Bonchev–Trinajstić information content (AvgIpc) is 3.26. The lowest BCUT2D eigenvalue weighted by Gasteiger charge is -2.19. The van der Waals surface area contributed by atoms with Gasteiger partial charge in [0.25, 0.3) is 5.91 Å². The minimum atomic E-state index is -1.17. The number of rotatable bonds is 13. The zero-order valence-electron chi connectivity index (χ0n) is 22.0. The van der Waals surface area contributed by atoms with E-state index in [1.807, 2.05) is 55.7 Å². The zero-order valence-corrected chi connectivity index (χ0v) is 22.0. The van der Waals surface area contributed by atoms with Crippen LogP contribution in [0.5, 0.6) is 0 Å². The molecule has 0 bridgehead atoms. The summed E-state index contributed by atoms with van der Waals surface area (Å²) in [6.45, 7) is 6.60. The van der Waals surface area contributed by atoms with E-state index in [9.17, 15) is 24.2 Å². The normalized spacial score (nSPS) is 13.8. The van der Waals surface area contributed by atoms with Crippen molar-refractivity contribution in [3.05, 3.63) is 77.4 Å². The lowest BCUT2D eigenvalue weighted by Crippen LogP contribution is -2.29. The van der Waals surface area contributed by atoms with Gasteiger partial charge in [-0.2, -0.15) is 0 Å². The van der Waals surface area contributed by atoms with E-state index in [1.165, 1.54) is 12.1 Å². The van der Waals surface area contributed by atoms with Crippen LogP contribution in [0.2, 0.25) is 0 Å². The summed E-state index contributed by atoms with van der Waals surface area (Å²) in [6.07, 6.45) is -2.47. The van der Waals surface area contributed by atoms with Gasteiger partial charge in [-0.1, -0.05) is 51.1 Å². The summed E-state index contributed by atoms with van der Waals surface area (Å²) < 4.78 is 15.5. The smallest absolute Gasteiger partial charge is 0.305 e. The minimum Gasteiger partial charge on any atom is -0.481 e. The molecule has 0 unspecified atom stereocenters. The fourth-order valence-electron chi connectivity index (χ4n) is 4.49. The highest BCUT2D eigenvalue weighted by Crippen LogP contribution is 2.29. The van der Waals surface area contributed by atoms with Crippen LogP contribution in [0, 0.1) is 5.82 Å². The van der Waals surface area contributed by atoms with E-state index in [1.54, 1.807) is 12.1 Å². The van der Waals surface area contributed by atoms with E-state index in [0.717, 1.165) is 5.56 Å². The Hall–Kier alpha value is -3.56. The standard InChI is InChI=1S/C29H36FN3O5/c1-18(2)27-26(29(38)31-17-19(3)20-7-5-4-6-8-20)32-28(21-9-11-22(30)12-10-21)33(27)14-13-23(34)15-24(35)16-25(36)37/h4-12,18-19,23-24,34-35H,13-17H2,1-3H3,(H,31,38)(H,36,37)/t19-,23+,24+/m0/s1. The lowest BCUT2D eigenvalue weighted by atomic mass is 10.0. The first-order valence-electron chi connectivity index (χ1n) is 12.8. The van der Waals surface area contributed by atoms with Crippen LogP contribution in [0.1, 0.15) is 73.6 Å². The number of amides is 1. The Balaban J connectivity index is 1.88. The lowest BCUT2D eigenvalue weighted by molar-refractivity contribution is -0.139. The Morgan fingerprint density at radius 1 is 1.00 bits per heavy atom. The molecule has 0 aliphatic carbocycles. The maximum absolute atomic E-state index is 13.6. The topological polar surface area (TPSA) is 125 Å². The summed E-state index contributed by atoms with van der Waals surface area (Å²) in [5.74, 6) is -1.40. The largest absolute Gasteiger partial charge is 0.481 e. The molecule has 2 aromatic carbocycles. The molecule has 4 N–H and O–H groups in total. The molecule has 1 heterocycles. The van der Waals surface area contributed by atoms with Gasteiger partial charge in [0.15, 0.2) is 0 Å². The second-order valence-electron chi connectivity index (χ2n) is 9.93. The Labute approximate surface area is 222 Å². The van der Waals surface area contributed by atoms with Crippen LogP contribution in [0.4, 0.5) is 4.39 Å². The van der Waals surface area contributed by atoms with Crippen molar-refractivity contribution in [3.63, 3.8) is 0 Å². The third kappa shape index (κ3) is 7.72. The van der Waals surface area contributed by atoms with E-state index in [0.29, 0.717) is 23.6 Å². The molecule has 9 heteroatoms. The molecule has 1 amide bonds. The van der Waals surface area contributed by atoms with Crippen LogP contribution in [-0.4, -0.2) is 55.5 Å². The molecule has 0 fully saturated rings. The summed E-state index contributed by atoms with van der Waals surface area (Å²) in [7, 11) is 0. The van der Waals surface area contributed by atoms with Crippen molar-refractivity contribution >= 4 is 11.9 Å². The number of hydrogen-bond acceptors (Lipinski definition) is 5. The molecule has 204 valence electrons. The second-order valence-corrected chi connectivity index (χ2v) is 9.93. The number of halogens is 1. The van der Waals surface area contributed by atoms with Crippen LogP contribution in [0.15, 0.2) is 54.6 Å². The first-order chi connectivity index (χ1) is 18.1. The van der Waals surface area contributed by atoms with E-state index >= 15 is 0 Å². The van der Waals surface area contributed by atoms with Crippen molar-refractivity contribution in [2.75, 3.05) is 6.54 Å². The van der Waals surface area contributed by atoms with Crippen molar-refractivity contribution in [2.45, 2.75) is 70.6 Å². The maximum atomic E-state index is 13.6. The molecule has 1 aromatic heterocycles. The Morgan fingerprint density at radius 2 is 1.66 bits per heavy atom. The number of carbonyl (C=O) groups excluding carboxylic acids is 1. The molecule has 8 nitrogen and oxygen atoms in total. The van der Waals surface area contributed by atoms with Crippen LogP contribution in [0.3, 0.4) is 0 Å². The molecule has 0 saturated carbocycles. The predicted molar refractivity (Wildman–Crippen MR) is 142 cm³/mol. The highest BCUT2D eigenvalue weighted by Gasteiger charge is 2.26. The molecule has 3 rings (SSSR count). The van der Waals surface area contributed by atoms with E-state index < -0.39 is 30.4 Å². The van der Waals surface area contributed by atoms with Crippen LogP contribution in [0.25, 0.3) is 11.4 Å². The molecule has 38 heavy (non-hydrogen) atoms. The van der Waals surface area contributed by atoms with Gasteiger partial charge < -0.3 is 25.2 Å². The van der Waals surface area contributed by atoms with Gasteiger partial charge >= 0.3 is 5.97 Å². The van der Waals surface area contributed by atoms with Crippen molar-refractivity contribution in [2.24, 2.45) is 0 Å². The number of aromatic nitrogens is 2. The number of aliphatic hydroxyl groups is 2. The number of aliphatic hydroxyl groups excluding tert-OH is 2. The summed E-state index contributed by atoms with van der Waals surface area (Å²) >= 11 is 0. The first kappa shape index (κ1) is 29.0. The van der Waals surface area contributed by atoms with Gasteiger partial charge in [-0.15, -0.1) is 0 Å². The zero-order chi connectivity index (χ0) is 27.8. The van der Waals surface area contributed by atoms with Crippen LogP contribution >= 0.6 is 0 Å². The quantitative estimate of drug-likeness (QED) is 0.263. The highest BCUT2D eigenvalue weighted by molar-refractivity contribution is 5.94. The van der Waals surface area contributed by atoms with Gasteiger partial charge in [0.2, 0.25) is 0 Å². The molecular formula is C29H36FN3O5. The number of carbonyl (C=O) groups is 2. The molecular weight excluding hydrogens is 489 g/mol. The maximum Gasteiger partial charge on any atom is 0.305 e. The van der Waals surface area contributed by atoms with Gasteiger partial charge in [0.05, 0.1) is 24.3 Å². The molecule has 3 atom stereocenters. The first-order valence-corrected chi connectivity index (χ1v) is 12.8. The Kier molecular flexibility index (Phi) is 10.2. The highest BCUT2D eigenvalue weighted by atomic mass is 19.1. The van der Waals surface area contributed by atoms with Crippen molar-refractivity contribution in [1.82, 2.24) is 14.9 Å². The molecule has 3 aromatic rings. The summed E-state index contributed by atoms with van der Waals surface area (Å²) in [4.78, 5) is 28.9. The van der Waals surface area contributed by atoms with Crippen molar-refractivity contribution in [1.29, 1.82) is 0 Å². The number of nitrogens with one attached hydrogen (secondary N) is 1. The monoisotopic (exact) mass is 525 g/mol. The minimum absolute atomic E-state index is 0.0887. The second kappa shape index (κ2) is 13.3.